The minimum Gasteiger partial charge on any atom is -0.444 e. The first kappa shape index (κ1) is 19.9. The Morgan fingerprint density at radius 3 is 2.38 bits per heavy atom. The van der Waals surface area contributed by atoms with Gasteiger partial charge in [0.15, 0.2) is 0 Å². The molecule has 142 valence electrons. The highest BCUT2D eigenvalue weighted by Crippen LogP contribution is 2.29. The SMILES string of the molecule is CC(C)(C)OC(=O)NCC1(NC(=O)C=Cc2ccc(F)cc2)CCCC1. The maximum absolute atomic E-state index is 12.9. The number of hydrogen-bond acceptors (Lipinski definition) is 3. The lowest BCUT2D eigenvalue weighted by atomic mass is 9.97. The van der Waals surface area contributed by atoms with E-state index in [1.165, 1.54) is 18.2 Å². The van der Waals surface area contributed by atoms with Crippen molar-refractivity contribution in [1.82, 2.24) is 10.6 Å². The van der Waals surface area contributed by atoms with E-state index in [0.717, 1.165) is 31.2 Å². The summed E-state index contributed by atoms with van der Waals surface area (Å²) >= 11 is 0. The smallest absolute Gasteiger partial charge is 0.407 e. The minimum atomic E-state index is -0.561. The zero-order chi connectivity index (χ0) is 19.2. The summed E-state index contributed by atoms with van der Waals surface area (Å²) in [7, 11) is 0. The van der Waals surface area contributed by atoms with Crippen LogP contribution in [0.2, 0.25) is 0 Å². The second-order valence-corrected chi connectivity index (χ2v) is 7.72. The van der Waals surface area contributed by atoms with E-state index in [-0.39, 0.29) is 11.7 Å². The molecule has 0 unspecified atom stereocenters. The Kier molecular flexibility index (Phi) is 6.40. The molecule has 0 bridgehead atoms. The zero-order valence-corrected chi connectivity index (χ0v) is 15.6. The number of amides is 2. The summed E-state index contributed by atoms with van der Waals surface area (Å²) in [5.74, 6) is -0.549. The van der Waals surface area contributed by atoms with E-state index in [2.05, 4.69) is 10.6 Å². The minimum absolute atomic E-state index is 0.234. The molecule has 0 aromatic heterocycles. The van der Waals surface area contributed by atoms with Gasteiger partial charge in [0.05, 0.1) is 5.54 Å². The number of rotatable bonds is 5. The molecule has 0 saturated heterocycles. The molecule has 1 aromatic carbocycles. The summed E-state index contributed by atoms with van der Waals surface area (Å²) in [5.41, 5.74) is -0.274. The number of carbonyl (C=O) groups excluding carboxylic acids is 2. The molecule has 2 rings (SSSR count). The lowest BCUT2D eigenvalue weighted by molar-refractivity contribution is -0.118. The molecule has 2 N–H and O–H groups in total. The summed E-state index contributed by atoms with van der Waals surface area (Å²) in [4.78, 5) is 24.2. The van der Waals surface area contributed by atoms with Crippen molar-refractivity contribution < 1.29 is 18.7 Å². The summed E-state index contributed by atoms with van der Waals surface area (Å²) in [5, 5.41) is 5.79. The van der Waals surface area contributed by atoms with Gasteiger partial charge in [-0.25, -0.2) is 9.18 Å². The third-order valence-electron chi connectivity index (χ3n) is 4.22. The molecule has 0 atom stereocenters. The van der Waals surface area contributed by atoms with Crippen molar-refractivity contribution in [3.63, 3.8) is 0 Å². The molecule has 0 aliphatic heterocycles. The van der Waals surface area contributed by atoms with Crippen LogP contribution in [-0.4, -0.2) is 29.7 Å². The average molecular weight is 362 g/mol. The third kappa shape index (κ3) is 6.50. The van der Waals surface area contributed by atoms with E-state index in [0.29, 0.717) is 6.54 Å². The predicted octanol–water partition coefficient (Wildman–Crippen LogP) is 3.79. The van der Waals surface area contributed by atoms with E-state index in [4.69, 9.17) is 4.74 Å². The van der Waals surface area contributed by atoms with E-state index >= 15 is 0 Å². The van der Waals surface area contributed by atoms with Crippen LogP contribution in [0.4, 0.5) is 9.18 Å². The van der Waals surface area contributed by atoms with Crippen molar-refractivity contribution in [2.75, 3.05) is 6.54 Å². The van der Waals surface area contributed by atoms with Crippen LogP contribution < -0.4 is 10.6 Å². The van der Waals surface area contributed by atoms with Crippen molar-refractivity contribution in [3.8, 4) is 0 Å². The van der Waals surface area contributed by atoms with Gasteiger partial charge in [0.1, 0.15) is 11.4 Å². The number of carbonyl (C=O) groups is 2. The number of nitrogens with one attached hydrogen (secondary N) is 2. The van der Waals surface area contributed by atoms with Crippen LogP contribution >= 0.6 is 0 Å². The van der Waals surface area contributed by atoms with Gasteiger partial charge in [0.25, 0.3) is 0 Å². The molecule has 1 fully saturated rings. The second-order valence-electron chi connectivity index (χ2n) is 7.72. The van der Waals surface area contributed by atoms with E-state index in [1.54, 1.807) is 39.0 Å². The molecule has 1 aliphatic carbocycles. The van der Waals surface area contributed by atoms with Crippen LogP contribution in [0.1, 0.15) is 52.0 Å². The highest BCUT2D eigenvalue weighted by molar-refractivity contribution is 5.92. The van der Waals surface area contributed by atoms with Crippen LogP contribution in [-0.2, 0) is 9.53 Å². The highest BCUT2D eigenvalue weighted by atomic mass is 19.1. The first-order valence-corrected chi connectivity index (χ1v) is 8.90. The van der Waals surface area contributed by atoms with Gasteiger partial charge in [0, 0.05) is 12.6 Å². The Morgan fingerprint density at radius 2 is 1.81 bits per heavy atom. The van der Waals surface area contributed by atoms with E-state index < -0.39 is 17.2 Å². The third-order valence-corrected chi connectivity index (χ3v) is 4.22. The molecule has 0 spiro atoms. The largest absolute Gasteiger partial charge is 0.444 e. The number of benzene rings is 1. The standard InChI is InChI=1S/C20H27FN2O3/c1-19(2,3)26-18(25)22-14-20(12-4-5-13-20)23-17(24)11-8-15-6-9-16(21)10-7-15/h6-11H,4-5,12-14H2,1-3H3,(H,22,25)(H,23,24). The Bertz CT molecular complexity index is 657. The Hall–Kier alpha value is -2.37. The fraction of sp³-hybridized carbons (Fsp3) is 0.500. The Labute approximate surface area is 154 Å². The first-order chi connectivity index (χ1) is 12.2. The molecular formula is C20H27FN2O3. The molecule has 2 amide bonds. The van der Waals surface area contributed by atoms with Crippen LogP contribution in [0.5, 0.6) is 0 Å². The molecule has 1 saturated carbocycles. The first-order valence-electron chi connectivity index (χ1n) is 8.90. The van der Waals surface area contributed by atoms with Crippen molar-refractivity contribution >= 4 is 18.1 Å². The maximum atomic E-state index is 12.9. The lowest BCUT2D eigenvalue weighted by Crippen LogP contribution is -2.54. The van der Waals surface area contributed by atoms with Gasteiger partial charge in [-0.3, -0.25) is 4.79 Å². The molecule has 26 heavy (non-hydrogen) atoms. The van der Waals surface area contributed by atoms with Gasteiger partial charge in [-0.1, -0.05) is 25.0 Å². The molecule has 0 heterocycles. The Balaban J connectivity index is 1.92. The maximum Gasteiger partial charge on any atom is 0.407 e. The van der Waals surface area contributed by atoms with Gasteiger partial charge in [-0.15, -0.1) is 0 Å². The molecule has 1 aromatic rings. The summed E-state index contributed by atoms with van der Waals surface area (Å²) in [6.07, 6.45) is 6.19. The zero-order valence-electron chi connectivity index (χ0n) is 15.6. The lowest BCUT2D eigenvalue weighted by Gasteiger charge is -2.30. The molecule has 0 radical (unpaired) electrons. The quantitative estimate of drug-likeness (QED) is 0.783. The predicted molar refractivity (Wildman–Crippen MR) is 99.0 cm³/mol. The van der Waals surface area contributed by atoms with Crippen LogP contribution in [0.3, 0.4) is 0 Å². The average Bonchev–Trinajstić information content (AvgIpc) is 3.00. The van der Waals surface area contributed by atoms with Crippen molar-refractivity contribution in [2.24, 2.45) is 0 Å². The van der Waals surface area contributed by atoms with Crippen LogP contribution in [0.25, 0.3) is 6.08 Å². The Morgan fingerprint density at radius 1 is 1.19 bits per heavy atom. The fourth-order valence-electron chi connectivity index (χ4n) is 3.00. The number of ether oxygens (including phenoxy) is 1. The number of alkyl carbamates (subject to hydrolysis) is 1. The van der Waals surface area contributed by atoms with Gasteiger partial charge in [-0.05, 0) is 57.4 Å². The van der Waals surface area contributed by atoms with Crippen LogP contribution in [0.15, 0.2) is 30.3 Å². The van der Waals surface area contributed by atoms with Gasteiger partial charge in [-0.2, -0.15) is 0 Å². The normalized spacial score (nSPS) is 16.5. The molecule has 6 heteroatoms. The summed E-state index contributed by atoms with van der Waals surface area (Å²) < 4.78 is 18.2. The van der Waals surface area contributed by atoms with Crippen molar-refractivity contribution in [1.29, 1.82) is 0 Å². The van der Waals surface area contributed by atoms with Crippen molar-refractivity contribution in [3.05, 3.63) is 41.7 Å². The van der Waals surface area contributed by atoms with Gasteiger partial charge in [0.2, 0.25) is 5.91 Å². The molecule has 5 nitrogen and oxygen atoms in total. The van der Waals surface area contributed by atoms with Crippen molar-refractivity contribution in [2.45, 2.75) is 57.6 Å². The van der Waals surface area contributed by atoms with Crippen LogP contribution in [0, 0.1) is 5.82 Å². The number of halogens is 1. The van der Waals surface area contributed by atoms with E-state index in [9.17, 15) is 14.0 Å². The summed E-state index contributed by atoms with van der Waals surface area (Å²) in [6.45, 7) is 5.75. The molecule has 1 aliphatic rings. The number of hydrogen-bond donors (Lipinski definition) is 2. The fourth-order valence-corrected chi connectivity index (χ4v) is 3.00. The molecular weight excluding hydrogens is 335 g/mol. The second kappa shape index (κ2) is 8.34. The summed E-state index contributed by atoms with van der Waals surface area (Å²) in [6, 6.07) is 5.91. The van der Waals surface area contributed by atoms with E-state index in [1.807, 2.05) is 0 Å². The monoisotopic (exact) mass is 362 g/mol. The van der Waals surface area contributed by atoms with Gasteiger partial charge >= 0.3 is 6.09 Å². The highest BCUT2D eigenvalue weighted by Gasteiger charge is 2.35. The van der Waals surface area contributed by atoms with Gasteiger partial charge < -0.3 is 15.4 Å². The topological polar surface area (TPSA) is 67.4 Å².